The number of aromatic amines is 1. The van der Waals surface area contributed by atoms with E-state index in [0.29, 0.717) is 0 Å². The lowest BCUT2D eigenvalue weighted by Crippen LogP contribution is -1.89. The van der Waals surface area contributed by atoms with Crippen molar-refractivity contribution in [2.75, 3.05) is 0 Å². The highest BCUT2D eigenvalue weighted by atomic mass is 16.6. The van der Waals surface area contributed by atoms with Gasteiger partial charge in [0.1, 0.15) is 0 Å². The summed E-state index contributed by atoms with van der Waals surface area (Å²) in [6.45, 7) is 1.54. The summed E-state index contributed by atoms with van der Waals surface area (Å²) in [6, 6.07) is 1.84. The smallest absolute Gasteiger partial charge is 0.338 e. The molecule has 2 aromatic rings. The second kappa shape index (κ2) is 4.01. The van der Waals surface area contributed by atoms with Crippen LogP contribution in [0.4, 0.5) is 5.69 Å². The van der Waals surface area contributed by atoms with Gasteiger partial charge in [-0.3, -0.25) is 10.1 Å². The SMILES string of the molecule is Cc1noc(/C=C/c2cc[nH]c2)c1[N+](=O)[O-]. The van der Waals surface area contributed by atoms with Gasteiger partial charge in [0.15, 0.2) is 5.69 Å². The lowest BCUT2D eigenvalue weighted by atomic mass is 10.2. The van der Waals surface area contributed by atoms with Crippen molar-refractivity contribution in [3.8, 4) is 0 Å². The normalized spacial score (nSPS) is 11.1. The van der Waals surface area contributed by atoms with E-state index in [4.69, 9.17) is 4.52 Å². The minimum absolute atomic E-state index is 0.0909. The standard InChI is InChI=1S/C10H9N3O3/c1-7-10(13(14)15)9(16-12-7)3-2-8-4-5-11-6-8/h2-6,11H,1H3/b3-2+. The van der Waals surface area contributed by atoms with Crippen molar-refractivity contribution in [3.05, 3.63) is 45.6 Å². The number of hydrogen-bond acceptors (Lipinski definition) is 4. The van der Waals surface area contributed by atoms with Crippen molar-refractivity contribution >= 4 is 17.8 Å². The van der Waals surface area contributed by atoms with E-state index >= 15 is 0 Å². The van der Waals surface area contributed by atoms with Gasteiger partial charge in [-0.05, 0) is 30.7 Å². The third-order valence-electron chi connectivity index (χ3n) is 2.09. The molecule has 2 heterocycles. The van der Waals surface area contributed by atoms with E-state index in [9.17, 15) is 10.1 Å². The quantitative estimate of drug-likeness (QED) is 0.634. The Morgan fingerprint density at radius 2 is 2.38 bits per heavy atom. The van der Waals surface area contributed by atoms with Gasteiger partial charge in [0.25, 0.3) is 0 Å². The van der Waals surface area contributed by atoms with Gasteiger partial charge in [-0.2, -0.15) is 0 Å². The van der Waals surface area contributed by atoms with Gasteiger partial charge >= 0.3 is 5.69 Å². The molecule has 0 aliphatic heterocycles. The maximum absolute atomic E-state index is 10.7. The molecule has 0 saturated carbocycles. The molecule has 0 amide bonds. The van der Waals surface area contributed by atoms with E-state index in [2.05, 4.69) is 10.1 Å². The van der Waals surface area contributed by atoms with Crippen molar-refractivity contribution in [2.45, 2.75) is 6.92 Å². The highest BCUT2D eigenvalue weighted by Gasteiger charge is 2.21. The van der Waals surface area contributed by atoms with E-state index < -0.39 is 4.92 Å². The van der Waals surface area contributed by atoms with Gasteiger partial charge in [0.05, 0.1) is 4.92 Å². The molecular formula is C10H9N3O3. The number of aryl methyl sites for hydroxylation is 1. The largest absolute Gasteiger partial charge is 0.367 e. The summed E-state index contributed by atoms with van der Waals surface area (Å²) in [4.78, 5) is 13.1. The third-order valence-corrected chi connectivity index (χ3v) is 2.09. The second-order valence-electron chi connectivity index (χ2n) is 3.22. The first-order valence-electron chi connectivity index (χ1n) is 4.60. The lowest BCUT2D eigenvalue weighted by Gasteiger charge is -1.87. The molecule has 0 atom stereocenters. The first kappa shape index (κ1) is 10.2. The zero-order valence-corrected chi connectivity index (χ0v) is 8.51. The van der Waals surface area contributed by atoms with Gasteiger partial charge in [0.2, 0.25) is 5.76 Å². The summed E-state index contributed by atoms with van der Waals surface area (Å²) in [7, 11) is 0. The van der Waals surface area contributed by atoms with Crippen LogP contribution in [0.25, 0.3) is 12.2 Å². The van der Waals surface area contributed by atoms with Gasteiger partial charge < -0.3 is 9.51 Å². The lowest BCUT2D eigenvalue weighted by molar-refractivity contribution is -0.386. The van der Waals surface area contributed by atoms with Crippen LogP contribution in [0.2, 0.25) is 0 Å². The summed E-state index contributed by atoms with van der Waals surface area (Å²) in [5.74, 6) is 0.156. The molecule has 82 valence electrons. The molecule has 2 aromatic heterocycles. The molecule has 0 fully saturated rings. The summed E-state index contributed by atoms with van der Waals surface area (Å²) < 4.78 is 4.87. The van der Waals surface area contributed by atoms with Crippen molar-refractivity contribution in [2.24, 2.45) is 0 Å². The summed E-state index contributed by atoms with van der Waals surface area (Å²) in [5.41, 5.74) is 1.09. The Morgan fingerprint density at radius 1 is 1.56 bits per heavy atom. The van der Waals surface area contributed by atoms with Crippen LogP contribution < -0.4 is 0 Å². The molecule has 6 nitrogen and oxygen atoms in total. The van der Waals surface area contributed by atoms with Crippen molar-refractivity contribution < 1.29 is 9.45 Å². The minimum Gasteiger partial charge on any atom is -0.367 e. The molecule has 16 heavy (non-hydrogen) atoms. The molecule has 0 aliphatic carbocycles. The van der Waals surface area contributed by atoms with Crippen LogP contribution in [0.1, 0.15) is 17.0 Å². The fourth-order valence-electron chi connectivity index (χ4n) is 1.33. The molecule has 0 aromatic carbocycles. The number of aromatic nitrogens is 2. The van der Waals surface area contributed by atoms with Crippen molar-refractivity contribution in [1.29, 1.82) is 0 Å². The predicted molar refractivity (Wildman–Crippen MR) is 57.6 cm³/mol. The predicted octanol–water partition coefficient (Wildman–Crippen LogP) is 2.39. The number of nitro groups is 1. The van der Waals surface area contributed by atoms with E-state index in [1.165, 1.54) is 13.0 Å². The van der Waals surface area contributed by atoms with Crippen molar-refractivity contribution in [1.82, 2.24) is 10.1 Å². The third kappa shape index (κ3) is 1.85. The van der Waals surface area contributed by atoms with Crippen LogP contribution in [0, 0.1) is 17.0 Å². The van der Waals surface area contributed by atoms with Crippen LogP contribution >= 0.6 is 0 Å². The molecule has 0 bridgehead atoms. The number of H-pyrrole nitrogens is 1. The fraction of sp³-hybridized carbons (Fsp3) is 0.100. The van der Waals surface area contributed by atoms with Crippen LogP contribution in [-0.2, 0) is 0 Å². The van der Waals surface area contributed by atoms with Gasteiger partial charge in [-0.25, -0.2) is 0 Å². The Kier molecular flexibility index (Phi) is 2.55. The van der Waals surface area contributed by atoms with E-state index in [0.717, 1.165) is 5.56 Å². The first-order valence-corrected chi connectivity index (χ1v) is 4.60. The van der Waals surface area contributed by atoms with Crippen LogP contribution in [0.15, 0.2) is 23.0 Å². The second-order valence-corrected chi connectivity index (χ2v) is 3.22. The summed E-state index contributed by atoms with van der Waals surface area (Å²) in [6.07, 6.45) is 6.77. The van der Waals surface area contributed by atoms with Crippen molar-refractivity contribution in [3.63, 3.8) is 0 Å². The Hall–Kier alpha value is -2.37. The van der Waals surface area contributed by atoms with Crippen LogP contribution in [0.3, 0.4) is 0 Å². The molecule has 0 aliphatic rings. The van der Waals surface area contributed by atoms with Crippen LogP contribution in [0.5, 0.6) is 0 Å². The highest BCUT2D eigenvalue weighted by molar-refractivity contribution is 5.71. The monoisotopic (exact) mass is 219 g/mol. The average molecular weight is 219 g/mol. The van der Waals surface area contributed by atoms with E-state index in [-0.39, 0.29) is 17.1 Å². The maximum atomic E-state index is 10.7. The van der Waals surface area contributed by atoms with E-state index in [1.807, 2.05) is 6.07 Å². The molecule has 0 radical (unpaired) electrons. The maximum Gasteiger partial charge on any atom is 0.338 e. The van der Waals surface area contributed by atoms with Gasteiger partial charge in [-0.1, -0.05) is 5.16 Å². The zero-order valence-electron chi connectivity index (χ0n) is 8.51. The van der Waals surface area contributed by atoms with Gasteiger partial charge in [0, 0.05) is 12.4 Å². The molecule has 6 heteroatoms. The minimum atomic E-state index is -0.497. The molecule has 0 saturated heterocycles. The molecule has 2 rings (SSSR count). The Labute approximate surface area is 90.7 Å². The van der Waals surface area contributed by atoms with Crippen LogP contribution in [-0.4, -0.2) is 15.1 Å². The molecule has 0 unspecified atom stereocenters. The first-order chi connectivity index (χ1) is 7.68. The summed E-state index contributed by atoms with van der Waals surface area (Å²) in [5, 5.41) is 14.3. The number of hydrogen-bond donors (Lipinski definition) is 1. The Bertz CT molecular complexity index is 526. The molecule has 0 spiro atoms. The number of nitrogens with one attached hydrogen (secondary N) is 1. The van der Waals surface area contributed by atoms with E-state index in [1.54, 1.807) is 18.5 Å². The Morgan fingerprint density at radius 3 is 3.00 bits per heavy atom. The highest BCUT2D eigenvalue weighted by Crippen LogP contribution is 2.24. The number of rotatable bonds is 3. The molecular weight excluding hydrogens is 210 g/mol. The number of nitrogens with zero attached hydrogens (tertiary/aromatic N) is 2. The molecule has 1 N–H and O–H groups in total. The van der Waals surface area contributed by atoms with Gasteiger partial charge in [-0.15, -0.1) is 0 Å². The fourth-order valence-corrected chi connectivity index (χ4v) is 1.33. The summed E-state index contributed by atoms with van der Waals surface area (Å²) >= 11 is 0. The topological polar surface area (TPSA) is 85.0 Å². The Balaban J connectivity index is 2.32. The average Bonchev–Trinajstić information content (AvgIpc) is 2.83. The zero-order chi connectivity index (χ0) is 11.5.